The Balaban J connectivity index is 1.62. The second-order valence-corrected chi connectivity index (χ2v) is 10.9. The first kappa shape index (κ1) is 25.2. The number of para-hydroxylation sites is 1. The van der Waals surface area contributed by atoms with Crippen molar-refractivity contribution >= 4 is 26.9 Å². The van der Waals surface area contributed by atoms with Crippen molar-refractivity contribution in [2.24, 2.45) is 0 Å². The van der Waals surface area contributed by atoms with Crippen LogP contribution in [0.5, 0.6) is 0 Å². The predicted octanol–water partition coefficient (Wildman–Crippen LogP) is 5.30. The minimum Gasteiger partial charge on any atom is -0.350 e. The maximum atomic E-state index is 14.1. The van der Waals surface area contributed by atoms with Crippen molar-refractivity contribution < 1.29 is 21.6 Å². The third kappa shape index (κ3) is 4.93. The molecule has 0 bridgehead atoms. The first-order valence-electron chi connectivity index (χ1n) is 12.0. The monoisotopic (exact) mass is 529 g/mol. The van der Waals surface area contributed by atoms with Gasteiger partial charge in [-0.05, 0) is 37.5 Å². The minimum atomic E-state index is -4.74. The number of hydrogen-bond donors (Lipinski definition) is 2. The second-order valence-electron chi connectivity index (χ2n) is 9.06. The highest BCUT2D eigenvalue weighted by molar-refractivity contribution is 7.90. The smallest absolute Gasteiger partial charge is 0.350 e. The summed E-state index contributed by atoms with van der Waals surface area (Å²) in [5, 5.41) is 6.90. The largest absolute Gasteiger partial charge is 0.419 e. The molecule has 5 rings (SSSR count). The van der Waals surface area contributed by atoms with Crippen molar-refractivity contribution in [3.8, 4) is 11.3 Å². The molecule has 0 amide bonds. The lowest BCUT2D eigenvalue weighted by molar-refractivity contribution is -0.137. The topological polar surface area (TPSA) is 88.9 Å². The zero-order valence-electron chi connectivity index (χ0n) is 20.0. The number of anilines is 1. The molecule has 3 heterocycles. The number of nitrogens with one attached hydrogen (secondary N) is 2. The van der Waals surface area contributed by atoms with Gasteiger partial charge in [-0.25, -0.2) is 22.4 Å². The molecule has 1 aliphatic rings. The molecular weight excluding hydrogens is 503 g/mol. The van der Waals surface area contributed by atoms with Crippen LogP contribution in [0.25, 0.3) is 22.2 Å². The van der Waals surface area contributed by atoms with Crippen LogP contribution in [0.15, 0.2) is 71.9 Å². The fourth-order valence-corrected chi connectivity index (χ4v) is 6.07. The lowest BCUT2D eigenvalue weighted by Crippen LogP contribution is -2.44. The third-order valence-corrected chi connectivity index (χ3v) is 8.36. The number of rotatable bonds is 6. The summed E-state index contributed by atoms with van der Waals surface area (Å²) >= 11 is 0. The van der Waals surface area contributed by atoms with Gasteiger partial charge in [0.2, 0.25) is 5.95 Å². The Labute approximate surface area is 212 Å². The molecule has 2 aromatic carbocycles. The summed E-state index contributed by atoms with van der Waals surface area (Å²) in [6, 6.07) is 14.6. The van der Waals surface area contributed by atoms with Gasteiger partial charge in [-0.15, -0.1) is 0 Å². The van der Waals surface area contributed by atoms with Crippen LogP contribution in [0.2, 0.25) is 0 Å². The molecule has 7 nitrogen and oxygen atoms in total. The minimum absolute atomic E-state index is 0.0265. The average molecular weight is 530 g/mol. The van der Waals surface area contributed by atoms with E-state index in [9.17, 15) is 21.6 Å². The number of nitrogens with zero attached hydrogens (tertiary/aromatic N) is 3. The van der Waals surface area contributed by atoms with Crippen LogP contribution in [-0.4, -0.2) is 41.0 Å². The number of alkyl halides is 3. The molecule has 11 heteroatoms. The van der Waals surface area contributed by atoms with E-state index in [1.807, 2.05) is 0 Å². The molecule has 2 aromatic heterocycles. The summed E-state index contributed by atoms with van der Waals surface area (Å²) in [5.41, 5.74) is -1.10. The van der Waals surface area contributed by atoms with Gasteiger partial charge < -0.3 is 10.6 Å². The Morgan fingerprint density at radius 2 is 1.81 bits per heavy atom. The van der Waals surface area contributed by atoms with E-state index in [4.69, 9.17) is 0 Å². The van der Waals surface area contributed by atoms with Crippen molar-refractivity contribution in [1.82, 2.24) is 19.3 Å². The fraction of sp³-hybridized carbons (Fsp3) is 0.308. The molecule has 1 fully saturated rings. The van der Waals surface area contributed by atoms with Gasteiger partial charge in [0.25, 0.3) is 10.0 Å². The van der Waals surface area contributed by atoms with Crippen LogP contribution in [0.1, 0.15) is 31.7 Å². The molecule has 1 saturated heterocycles. The number of piperidine rings is 1. The van der Waals surface area contributed by atoms with Gasteiger partial charge in [-0.3, -0.25) is 0 Å². The van der Waals surface area contributed by atoms with E-state index < -0.39 is 21.8 Å². The molecule has 0 radical (unpaired) electrons. The summed E-state index contributed by atoms with van der Waals surface area (Å²) in [7, 11) is -4.07. The van der Waals surface area contributed by atoms with Gasteiger partial charge in [0, 0.05) is 42.0 Å². The van der Waals surface area contributed by atoms with Crippen molar-refractivity contribution in [3.63, 3.8) is 0 Å². The standard InChI is InChI=1S/C26H26F3N5O2S/c1-2-17-12-13-18(14-30-17)32-25-31-15-22(26(27,28)29)24(33-25)21-16-34(23-11-7-6-10-20(21)23)37(35,36)19-8-4-3-5-9-19/h3-11,15-18,30H,2,12-14H2,1H3,(H,31,32,33)/t17-,18-/m0/s1. The third-order valence-electron chi connectivity index (χ3n) is 6.67. The van der Waals surface area contributed by atoms with Crippen molar-refractivity contribution in [3.05, 3.63) is 72.6 Å². The normalized spacial score (nSPS) is 18.7. The van der Waals surface area contributed by atoms with Gasteiger partial charge in [0.15, 0.2) is 0 Å². The van der Waals surface area contributed by atoms with E-state index in [1.165, 1.54) is 18.3 Å². The number of fused-ring (bicyclic) bond motifs is 1. The van der Waals surface area contributed by atoms with Crippen LogP contribution in [-0.2, 0) is 16.2 Å². The molecule has 0 unspecified atom stereocenters. The van der Waals surface area contributed by atoms with Crippen molar-refractivity contribution in [2.45, 2.75) is 49.3 Å². The first-order valence-corrected chi connectivity index (χ1v) is 13.5. The second kappa shape index (κ2) is 9.79. The van der Waals surface area contributed by atoms with Crippen LogP contribution in [0.3, 0.4) is 0 Å². The fourth-order valence-electron chi connectivity index (χ4n) is 4.68. The first-order chi connectivity index (χ1) is 17.7. The maximum absolute atomic E-state index is 14.1. The molecule has 37 heavy (non-hydrogen) atoms. The van der Waals surface area contributed by atoms with E-state index in [-0.39, 0.29) is 33.7 Å². The van der Waals surface area contributed by atoms with E-state index in [1.54, 1.807) is 42.5 Å². The Hall–Kier alpha value is -3.44. The van der Waals surface area contributed by atoms with Crippen LogP contribution in [0.4, 0.5) is 19.1 Å². The number of hydrogen-bond acceptors (Lipinski definition) is 6. The Kier molecular flexibility index (Phi) is 6.67. The highest BCUT2D eigenvalue weighted by Gasteiger charge is 2.37. The number of aromatic nitrogens is 3. The van der Waals surface area contributed by atoms with Gasteiger partial charge in [0.05, 0.1) is 16.1 Å². The number of benzene rings is 2. The summed E-state index contributed by atoms with van der Waals surface area (Å²) in [6.45, 7) is 2.75. The molecule has 2 N–H and O–H groups in total. The maximum Gasteiger partial charge on any atom is 0.419 e. The highest BCUT2D eigenvalue weighted by Crippen LogP contribution is 2.40. The zero-order chi connectivity index (χ0) is 26.2. The molecule has 0 saturated carbocycles. The molecule has 2 atom stereocenters. The van der Waals surface area contributed by atoms with Gasteiger partial charge in [-0.1, -0.05) is 43.3 Å². The Morgan fingerprint density at radius 1 is 1.08 bits per heavy atom. The number of halogens is 3. The van der Waals surface area contributed by atoms with E-state index in [2.05, 4.69) is 27.5 Å². The molecular formula is C26H26F3N5O2S. The van der Waals surface area contributed by atoms with E-state index in [0.29, 0.717) is 18.0 Å². The van der Waals surface area contributed by atoms with Gasteiger partial charge in [0.1, 0.15) is 5.56 Å². The summed E-state index contributed by atoms with van der Waals surface area (Å²) in [5.74, 6) is 0.0625. The van der Waals surface area contributed by atoms with E-state index >= 15 is 0 Å². The zero-order valence-corrected chi connectivity index (χ0v) is 20.9. The quantitative estimate of drug-likeness (QED) is 0.353. The van der Waals surface area contributed by atoms with Crippen LogP contribution >= 0.6 is 0 Å². The molecule has 194 valence electrons. The van der Waals surface area contributed by atoms with E-state index in [0.717, 1.165) is 29.4 Å². The lowest BCUT2D eigenvalue weighted by atomic mass is 9.99. The summed E-state index contributed by atoms with van der Waals surface area (Å²) in [6.07, 6.45) is 0.00198. The molecule has 1 aliphatic heterocycles. The molecule has 4 aromatic rings. The van der Waals surface area contributed by atoms with Crippen LogP contribution in [0, 0.1) is 0 Å². The lowest BCUT2D eigenvalue weighted by Gasteiger charge is -2.30. The van der Waals surface area contributed by atoms with Gasteiger partial charge in [-0.2, -0.15) is 13.2 Å². The van der Waals surface area contributed by atoms with Gasteiger partial charge >= 0.3 is 6.18 Å². The highest BCUT2D eigenvalue weighted by atomic mass is 32.2. The summed E-state index contributed by atoms with van der Waals surface area (Å²) < 4.78 is 70.1. The molecule has 0 aliphatic carbocycles. The van der Waals surface area contributed by atoms with Crippen molar-refractivity contribution in [2.75, 3.05) is 11.9 Å². The Morgan fingerprint density at radius 3 is 2.49 bits per heavy atom. The SMILES string of the molecule is CC[C@H]1CC[C@H](Nc2ncc(C(F)(F)F)c(-c3cn(S(=O)(=O)c4ccccc4)c4ccccc34)n2)CN1. The Bertz CT molecular complexity index is 1510. The summed E-state index contributed by atoms with van der Waals surface area (Å²) in [4.78, 5) is 8.26. The van der Waals surface area contributed by atoms with Crippen molar-refractivity contribution in [1.29, 1.82) is 0 Å². The molecule has 0 spiro atoms. The predicted molar refractivity (Wildman–Crippen MR) is 136 cm³/mol. The average Bonchev–Trinajstić information content (AvgIpc) is 3.29. The van der Waals surface area contributed by atoms with Crippen LogP contribution < -0.4 is 10.6 Å².